The largest absolute Gasteiger partial charge is 0.481 e. The normalized spacial score (nSPS) is 15.0. The van der Waals surface area contributed by atoms with Crippen molar-refractivity contribution in [3.63, 3.8) is 0 Å². The Morgan fingerprint density at radius 2 is 1.48 bits per heavy atom. The van der Waals surface area contributed by atoms with Gasteiger partial charge in [-0.2, -0.15) is 0 Å². The van der Waals surface area contributed by atoms with Gasteiger partial charge < -0.3 is 42.1 Å². The quantitative estimate of drug-likeness (QED) is 0.159. The fraction of sp³-hybridized carbons (Fsp3) is 0.643. The van der Waals surface area contributed by atoms with Crippen molar-refractivity contribution >= 4 is 29.7 Å². The summed E-state index contributed by atoms with van der Waals surface area (Å²) in [6, 6.07) is -4.32. The van der Waals surface area contributed by atoms with Crippen LogP contribution in [0.3, 0.4) is 0 Å². The van der Waals surface area contributed by atoms with Crippen LogP contribution >= 0.6 is 0 Å². The molecule has 27 heavy (non-hydrogen) atoms. The third-order valence-electron chi connectivity index (χ3n) is 3.33. The second-order valence-corrected chi connectivity index (χ2v) is 5.62. The van der Waals surface area contributed by atoms with Gasteiger partial charge in [0.05, 0.1) is 12.7 Å². The first kappa shape index (κ1) is 24.2. The van der Waals surface area contributed by atoms with Crippen LogP contribution in [0.2, 0.25) is 0 Å². The molecule has 0 aliphatic rings. The van der Waals surface area contributed by atoms with Gasteiger partial charge >= 0.3 is 11.9 Å². The summed E-state index contributed by atoms with van der Waals surface area (Å²) in [6.07, 6.45) is -2.09. The van der Waals surface area contributed by atoms with Crippen LogP contribution < -0.4 is 21.7 Å². The van der Waals surface area contributed by atoms with Gasteiger partial charge in [-0.3, -0.25) is 24.0 Å². The van der Waals surface area contributed by atoms with Crippen LogP contribution in [0, 0.1) is 0 Å². The van der Waals surface area contributed by atoms with Gasteiger partial charge in [-0.25, -0.2) is 0 Å². The number of aliphatic hydroxyl groups is 2. The smallest absolute Gasteiger partial charge is 0.322 e. The third-order valence-corrected chi connectivity index (χ3v) is 3.33. The first-order valence-electron chi connectivity index (χ1n) is 7.86. The number of carboxylic acid groups (broad SMARTS) is 2. The van der Waals surface area contributed by atoms with E-state index in [0.29, 0.717) is 0 Å². The lowest BCUT2D eigenvalue weighted by atomic mass is 10.1. The maximum absolute atomic E-state index is 12.3. The Hall–Kier alpha value is -2.77. The van der Waals surface area contributed by atoms with E-state index in [1.807, 2.05) is 5.32 Å². The number of carboxylic acids is 2. The fourth-order valence-electron chi connectivity index (χ4n) is 1.78. The number of nitrogens with two attached hydrogens (primary N) is 1. The summed E-state index contributed by atoms with van der Waals surface area (Å²) >= 11 is 0. The number of carbonyl (C=O) groups excluding carboxylic acids is 3. The maximum Gasteiger partial charge on any atom is 0.322 e. The molecule has 13 nitrogen and oxygen atoms in total. The van der Waals surface area contributed by atoms with Crippen LogP contribution in [0.15, 0.2) is 0 Å². The highest BCUT2D eigenvalue weighted by Crippen LogP contribution is 2.01. The van der Waals surface area contributed by atoms with Crippen molar-refractivity contribution in [1.82, 2.24) is 16.0 Å². The molecule has 4 atom stereocenters. The summed E-state index contributed by atoms with van der Waals surface area (Å²) in [5, 5.41) is 42.0. The zero-order valence-corrected chi connectivity index (χ0v) is 14.5. The van der Waals surface area contributed by atoms with E-state index in [4.69, 9.17) is 15.9 Å². The Labute approximate surface area is 153 Å². The van der Waals surface area contributed by atoms with Crippen molar-refractivity contribution in [3.8, 4) is 0 Å². The van der Waals surface area contributed by atoms with E-state index in [1.54, 1.807) is 0 Å². The standard InChI is InChI=1S/C14H24N4O9/c1-6(20)11(15)14(27)17-7(2-3-9(21)22)13(26)18-8(5-19)12(25)16-4-10(23)24/h6-8,11,19-20H,2-5,15H2,1H3,(H,16,25)(H,17,27)(H,18,26)(H,21,22)(H,23,24)/t6-,7+,8+,11+/m1/s1. The van der Waals surface area contributed by atoms with Crippen LogP contribution in [0.5, 0.6) is 0 Å². The lowest BCUT2D eigenvalue weighted by molar-refractivity contribution is -0.139. The van der Waals surface area contributed by atoms with Gasteiger partial charge in [-0.1, -0.05) is 0 Å². The van der Waals surface area contributed by atoms with E-state index >= 15 is 0 Å². The Bertz CT molecular complexity index is 567. The van der Waals surface area contributed by atoms with E-state index in [1.165, 1.54) is 6.92 Å². The fourth-order valence-corrected chi connectivity index (χ4v) is 1.78. The predicted molar refractivity (Wildman–Crippen MR) is 88.1 cm³/mol. The van der Waals surface area contributed by atoms with Crippen LogP contribution in [0.4, 0.5) is 0 Å². The van der Waals surface area contributed by atoms with Crippen LogP contribution in [-0.4, -0.2) is 87.5 Å². The third kappa shape index (κ3) is 9.48. The van der Waals surface area contributed by atoms with Crippen molar-refractivity contribution < 1.29 is 44.4 Å². The molecule has 0 aromatic heterocycles. The van der Waals surface area contributed by atoms with Gasteiger partial charge in [-0.05, 0) is 13.3 Å². The summed E-state index contributed by atoms with van der Waals surface area (Å²) in [6.45, 7) is -0.372. The number of amides is 3. The van der Waals surface area contributed by atoms with E-state index in [9.17, 15) is 34.2 Å². The molecule has 0 spiro atoms. The first-order chi connectivity index (χ1) is 12.5. The Balaban J connectivity index is 5.08. The monoisotopic (exact) mass is 392 g/mol. The number of hydrogen-bond donors (Lipinski definition) is 8. The zero-order valence-electron chi connectivity index (χ0n) is 14.5. The molecule has 3 amide bonds. The molecular formula is C14H24N4O9. The molecule has 0 aromatic rings. The Morgan fingerprint density at radius 1 is 0.926 bits per heavy atom. The molecule has 13 heteroatoms. The highest BCUT2D eigenvalue weighted by atomic mass is 16.4. The van der Waals surface area contributed by atoms with Crippen molar-refractivity contribution in [3.05, 3.63) is 0 Å². The lowest BCUT2D eigenvalue weighted by Gasteiger charge is -2.23. The summed E-state index contributed by atoms with van der Waals surface area (Å²) in [5.74, 6) is -5.50. The highest BCUT2D eigenvalue weighted by Gasteiger charge is 2.29. The van der Waals surface area contributed by atoms with E-state index < -0.39 is 73.5 Å². The van der Waals surface area contributed by atoms with E-state index in [2.05, 4.69) is 10.6 Å². The maximum atomic E-state index is 12.3. The van der Waals surface area contributed by atoms with Crippen molar-refractivity contribution in [2.75, 3.05) is 13.2 Å². The SMILES string of the molecule is C[C@@H](O)[C@H](N)C(=O)N[C@@H](CCC(=O)O)C(=O)N[C@@H](CO)C(=O)NCC(=O)O. The summed E-state index contributed by atoms with van der Waals surface area (Å²) in [4.78, 5) is 57.1. The molecule has 0 radical (unpaired) electrons. The Kier molecular flexibility index (Phi) is 10.6. The molecule has 154 valence electrons. The number of aliphatic carboxylic acids is 2. The number of nitrogens with one attached hydrogen (secondary N) is 3. The molecule has 0 aliphatic heterocycles. The van der Waals surface area contributed by atoms with Crippen LogP contribution in [0.25, 0.3) is 0 Å². The van der Waals surface area contributed by atoms with Gasteiger partial charge in [0.15, 0.2) is 0 Å². The lowest BCUT2D eigenvalue weighted by Crippen LogP contribution is -2.58. The van der Waals surface area contributed by atoms with Gasteiger partial charge in [0.25, 0.3) is 0 Å². The van der Waals surface area contributed by atoms with Gasteiger partial charge in [0.1, 0.15) is 24.7 Å². The van der Waals surface area contributed by atoms with Gasteiger partial charge in [-0.15, -0.1) is 0 Å². The molecule has 9 N–H and O–H groups in total. The number of rotatable bonds is 12. The predicted octanol–water partition coefficient (Wildman–Crippen LogP) is -4.28. The Morgan fingerprint density at radius 3 is 1.93 bits per heavy atom. The zero-order chi connectivity index (χ0) is 21.1. The van der Waals surface area contributed by atoms with E-state index in [-0.39, 0.29) is 6.42 Å². The van der Waals surface area contributed by atoms with E-state index in [0.717, 1.165) is 0 Å². The molecule has 0 unspecified atom stereocenters. The van der Waals surface area contributed by atoms with Crippen LogP contribution in [0.1, 0.15) is 19.8 Å². The number of carbonyl (C=O) groups is 5. The molecule has 0 rings (SSSR count). The first-order valence-corrected chi connectivity index (χ1v) is 7.86. The molecule has 0 fully saturated rings. The minimum atomic E-state index is -1.52. The summed E-state index contributed by atoms with van der Waals surface area (Å²) < 4.78 is 0. The molecule has 0 saturated heterocycles. The molecule has 0 bridgehead atoms. The minimum absolute atomic E-state index is 0.353. The molecule has 0 aromatic carbocycles. The van der Waals surface area contributed by atoms with Crippen molar-refractivity contribution in [2.45, 2.75) is 44.0 Å². The molecule has 0 heterocycles. The minimum Gasteiger partial charge on any atom is -0.481 e. The average molecular weight is 392 g/mol. The summed E-state index contributed by atoms with van der Waals surface area (Å²) in [5.41, 5.74) is 5.44. The number of hydrogen-bond acceptors (Lipinski definition) is 8. The van der Waals surface area contributed by atoms with Crippen molar-refractivity contribution in [1.29, 1.82) is 0 Å². The molecule has 0 saturated carbocycles. The molecule has 0 aliphatic carbocycles. The van der Waals surface area contributed by atoms with Crippen LogP contribution in [-0.2, 0) is 24.0 Å². The second kappa shape index (κ2) is 11.8. The topological polar surface area (TPSA) is 228 Å². The average Bonchev–Trinajstić information content (AvgIpc) is 2.59. The van der Waals surface area contributed by atoms with Crippen molar-refractivity contribution in [2.24, 2.45) is 5.73 Å². The highest BCUT2D eigenvalue weighted by molar-refractivity contribution is 5.94. The number of aliphatic hydroxyl groups excluding tert-OH is 2. The summed E-state index contributed by atoms with van der Waals surface area (Å²) in [7, 11) is 0. The van der Waals surface area contributed by atoms with Gasteiger partial charge in [0.2, 0.25) is 17.7 Å². The van der Waals surface area contributed by atoms with Gasteiger partial charge in [0, 0.05) is 6.42 Å². The second-order valence-electron chi connectivity index (χ2n) is 5.62. The molecular weight excluding hydrogens is 368 g/mol.